The normalized spacial score (nSPS) is 16.4. The van der Waals surface area contributed by atoms with Crippen LogP contribution in [0.15, 0.2) is 59.7 Å². The summed E-state index contributed by atoms with van der Waals surface area (Å²) >= 11 is 0. The third-order valence-corrected chi connectivity index (χ3v) is 7.48. The van der Waals surface area contributed by atoms with Crippen LogP contribution in [0.2, 0.25) is 0 Å². The molecule has 238 valence electrons. The largest absolute Gasteiger partial charge is 0.469 e. The average Bonchev–Trinajstić information content (AvgIpc) is 3.67. The van der Waals surface area contributed by atoms with E-state index < -0.39 is 30.1 Å². The maximum atomic E-state index is 13.3. The van der Waals surface area contributed by atoms with Crippen LogP contribution in [0.25, 0.3) is 0 Å². The third-order valence-electron chi connectivity index (χ3n) is 7.48. The van der Waals surface area contributed by atoms with Gasteiger partial charge in [0.05, 0.1) is 12.3 Å². The fourth-order valence-electron chi connectivity index (χ4n) is 5.22. The number of carbonyl (C=O) groups excluding carboxylic acids is 5. The van der Waals surface area contributed by atoms with E-state index in [0.717, 1.165) is 24.5 Å². The van der Waals surface area contributed by atoms with Gasteiger partial charge in [-0.15, -0.1) is 0 Å². The molecular formula is C31H42N6O7. The van der Waals surface area contributed by atoms with E-state index in [2.05, 4.69) is 27.8 Å². The minimum Gasteiger partial charge on any atom is -0.469 e. The SMILES string of the molecule is C=CC(=O)NCC[C@H](NC(O)Cc1ccccc1CNC(=O)[C@H](Cc1ccco1)NC(=O)C[C@@H]1CCCN1C(C)=O)C(N)=O. The average molecular weight is 611 g/mol. The Morgan fingerprint density at radius 2 is 1.84 bits per heavy atom. The number of furan rings is 1. The third kappa shape index (κ3) is 10.7. The molecule has 1 aromatic carbocycles. The van der Waals surface area contributed by atoms with Crippen LogP contribution >= 0.6 is 0 Å². The number of primary amides is 1. The molecule has 2 heterocycles. The van der Waals surface area contributed by atoms with Crippen LogP contribution in [0.4, 0.5) is 0 Å². The van der Waals surface area contributed by atoms with E-state index in [-0.39, 0.29) is 62.5 Å². The van der Waals surface area contributed by atoms with Crippen LogP contribution in [0.1, 0.15) is 49.5 Å². The molecule has 5 amide bonds. The lowest BCUT2D eigenvalue weighted by Crippen LogP contribution is -2.49. The van der Waals surface area contributed by atoms with Gasteiger partial charge < -0.3 is 36.1 Å². The molecule has 3 rings (SSSR count). The van der Waals surface area contributed by atoms with E-state index in [9.17, 15) is 29.1 Å². The molecule has 0 radical (unpaired) electrons. The van der Waals surface area contributed by atoms with Crippen molar-refractivity contribution in [3.05, 3.63) is 72.2 Å². The Morgan fingerprint density at radius 3 is 2.50 bits per heavy atom. The van der Waals surface area contributed by atoms with Crippen LogP contribution in [-0.2, 0) is 43.4 Å². The summed E-state index contributed by atoms with van der Waals surface area (Å²) in [5, 5.41) is 21.7. The second kappa shape index (κ2) is 17.0. The van der Waals surface area contributed by atoms with Crippen LogP contribution in [-0.4, -0.2) is 77.0 Å². The highest BCUT2D eigenvalue weighted by atomic mass is 16.3. The number of hydrogen-bond donors (Lipinski definition) is 6. The predicted molar refractivity (Wildman–Crippen MR) is 161 cm³/mol. The first-order valence-corrected chi connectivity index (χ1v) is 14.6. The summed E-state index contributed by atoms with van der Waals surface area (Å²) in [6, 6.07) is 8.59. The molecule has 13 nitrogen and oxygen atoms in total. The fraction of sp³-hybridized carbons (Fsp3) is 0.452. The number of aliphatic hydroxyl groups is 1. The minimum atomic E-state index is -1.14. The van der Waals surface area contributed by atoms with Gasteiger partial charge in [0.25, 0.3) is 0 Å². The summed E-state index contributed by atoms with van der Waals surface area (Å²) in [6.07, 6.45) is 3.53. The molecule has 1 saturated heterocycles. The van der Waals surface area contributed by atoms with Crippen molar-refractivity contribution in [3.63, 3.8) is 0 Å². The number of amides is 5. The predicted octanol–water partition coefficient (Wildman–Crippen LogP) is 0.0210. The molecule has 7 N–H and O–H groups in total. The van der Waals surface area contributed by atoms with Gasteiger partial charge in [0.1, 0.15) is 18.0 Å². The zero-order chi connectivity index (χ0) is 32.1. The van der Waals surface area contributed by atoms with Gasteiger partial charge in [0.2, 0.25) is 29.5 Å². The molecule has 1 fully saturated rings. The zero-order valence-corrected chi connectivity index (χ0v) is 24.9. The first kappa shape index (κ1) is 34.0. The van der Waals surface area contributed by atoms with Gasteiger partial charge in [0, 0.05) is 51.9 Å². The lowest BCUT2D eigenvalue weighted by molar-refractivity contribution is -0.132. The Hall–Kier alpha value is -4.49. The van der Waals surface area contributed by atoms with Gasteiger partial charge in [-0.3, -0.25) is 29.3 Å². The molecule has 1 aromatic heterocycles. The van der Waals surface area contributed by atoms with Crippen molar-refractivity contribution in [2.24, 2.45) is 5.73 Å². The maximum absolute atomic E-state index is 13.3. The van der Waals surface area contributed by atoms with Crippen molar-refractivity contribution >= 4 is 29.5 Å². The molecule has 0 saturated carbocycles. The number of likely N-dealkylation sites (tertiary alicyclic amines) is 1. The summed E-state index contributed by atoms with van der Waals surface area (Å²) in [5.74, 6) is -1.37. The van der Waals surface area contributed by atoms with E-state index in [1.807, 2.05) is 0 Å². The van der Waals surface area contributed by atoms with Gasteiger partial charge in [-0.25, -0.2) is 0 Å². The van der Waals surface area contributed by atoms with Crippen molar-refractivity contribution in [3.8, 4) is 0 Å². The summed E-state index contributed by atoms with van der Waals surface area (Å²) in [7, 11) is 0. The van der Waals surface area contributed by atoms with E-state index in [4.69, 9.17) is 10.2 Å². The molecule has 1 aliphatic heterocycles. The Kier molecular flexibility index (Phi) is 13.1. The maximum Gasteiger partial charge on any atom is 0.243 e. The van der Waals surface area contributed by atoms with Crippen molar-refractivity contribution in [2.75, 3.05) is 13.1 Å². The lowest BCUT2D eigenvalue weighted by atomic mass is 10.0. The first-order valence-electron chi connectivity index (χ1n) is 14.6. The lowest BCUT2D eigenvalue weighted by Gasteiger charge is -2.24. The summed E-state index contributed by atoms with van der Waals surface area (Å²) < 4.78 is 5.42. The van der Waals surface area contributed by atoms with E-state index in [0.29, 0.717) is 17.9 Å². The first-order chi connectivity index (χ1) is 21.1. The second-order valence-corrected chi connectivity index (χ2v) is 10.7. The molecule has 13 heteroatoms. The van der Waals surface area contributed by atoms with Gasteiger partial charge in [-0.2, -0.15) is 0 Å². The highest BCUT2D eigenvalue weighted by Crippen LogP contribution is 2.20. The Labute approximate surface area is 256 Å². The van der Waals surface area contributed by atoms with Crippen molar-refractivity contribution in [1.29, 1.82) is 0 Å². The van der Waals surface area contributed by atoms with E-state index >= 15 is 0 Å². The number of carbonyl (C=O) groups is 5. The topological polar surface area (TPSA) is 196 Å². The van der Waals surface area contributed by atoms with Crippen LogP contribution in [0.5, 0.6) is 0 Å². The Balaban J connectivity index is 1.61. The Bertz CT molecular complexity index is 1300. The van der Waals surface area contributed by atoms with E-state index in [1.165, 1.54) is 13.2 Å². The number of nitrogens with two attached hydrogens (primary N) is 1. The standard InChI is InChI=1S/C31H42N6O7/c1-3-27(39)33-13-12-25(30(32)42)35-28(40)16-21-8-4-5-9-22(21)19-34-31(43)26(18-24-11-7-15-44-24)36-29(41)17-23-10-6-14-37(23)20(2)38/h3-5,7-9,11,15,23,25-26,28,35,40H,1,6,10,12-14,16-19H2,2H3,(H2,32,42)(H,33,39)(H,34,43)(H,36,41)/t23-,25-,26-,28?/m0/s1. The number of hydrogen-bond acceptors (Lipinski definition) is 8. The van der Waals surface area contributed by atoms with Gasteiger partial charge >= 0.3 is 0 Å². The monoisotopic (exact) mass is 610 g/mol. The molecule has 1 unspecified atom stereocenters. The van der Waals surface area contributed by atoms with Gasteiger partial charge in [-0.1, -0.05) is 30.8 Å². The molecule has 1 aliphatic rings. The quantitative estimate of drug-likeness (QED) is 0.106. The number of nitrogens with one attached hydrogen (secondary N) is 4. The number of aliphatic hydroxyl groups excluding tert-OH is 1. The summed E-state index contributed by atoms with van der Waals surface area (Å²) in [6.45, 7) is 5.74. The smallest absolute Gasteiger partial charge is 0.243 e. The van der Waals surface area contributed by atoms with Crippen molar-refractivity contribution in [1.82, 2.24) is 26.2 Å². The van der Waals surface area contributed by atoms with Crippen molar-refractivity contribution < 1.29 is 33.5 Å². The fourth-order valence-corrected chi connectivity index (χ4v) is 5.22. The number of rotatable bonds is 17. The van der Waals surface area contributed by atoms with Crippen LogP contribution in [0.3, 0.4) is 0 Å². The Morgan fingerprint density at radius 1 is 1.09 bits per heavy atom. The van der Waals surface area contributed by atoms with Gasteiger partial charge in [-0.05, 0) is 48.6 Å². The molecule has 0 bridgehead atoms. The number of nitrogens with zero attached hydrogens (tertiary/aromatic N) is 1. The van der Waals surface area contributed by atoms with E-state index in [1.54, 1.807) is 41.3 Å². The van der Waals surface area contributed by atoms with Crippen LogP contribution in [0, 0.1) is 0 Å². The highest BCUT2D eigenvalue weighted by Gasteiger charge is 2.30. The summed E-state index contributed by atoms with van der Waals surface area (Å²) in [5.41, 5.74) is 6.91. The minimum absolute atomic E-state index is 0.0775. The number of benzene rings is 1. The second-order valence-electron chi connectivity index (χ2n) is 10.7. The van der Waals surface area contributed by atoms with Crippen LogP contribution < -0.4 is 27.0 Å². The molecule has 0 spiro atoms. The molecule has 44 heavy (non-hydrogen) atoms. The molecule has 2 aromatic rings. The van der Waals surface area contributed by atoms with Gasteiger partial charge in [0.15, 0.2) is 0 Å². The summed E-state index contributed by atoms with van der Waals surface area (Å²) in [4.78, 5) is 63.1. The zero-order valence-electron chi connectivity index (χ0n) is 24.9. The molecular weight excluding hydrogens is 568 g/mol. The molecule has 0 aliphatic carbocycles. The van der Waals surface area contributed by atoms with Crippen molar-refractivity contribution in [2.45, 2.75) is 76.3 Å². The molecule has 4 atom stereocenters. The highest BCUT2D eigenvalue weighted by molar-refractivity contribution is 5.88.